The van der Waals surface area contributed by atoms with Gasteiger partial charge in [-0.1, -0.05) is 13.3 Å². The van der Waals surface area contributed by atoms with Gasteiger partial charge in [0, 0.05) is 12.1 Å². The molecule has 21 heavy (non-hydrogen) atoms. The highest BCUT2D eigenvalue weighted by Crippen LogP contribution is 2.18. The Balaban J connectivity index is 1.98. The Kier molecular flexibility index (Phi) is 5.62. The van der Waals surface area contributed by atoms with Gasteiger partial charge in [0.15, 0.2) is 0 Å². The van der Waals surface area contributed by atoms with Crippen molar-refractivity contribution in [3.63, 3.8) is 0 Å². The van der Waals surface area contributed by atoms with Crippen LogP contribution in [-0.2, 0) is 4.74 Å². The van der Waals surface area contributed by atoms with E-state index in [0.717, 1.165) is 25.2 Å². The van der Waals surface area contributed by atoms with Crippen LogP contribution in [0, 0.1) is 0 Å². The number of unbranched alkanes of at least 4 members (excludes halogenated alkanes) is 1. The van der Waals surface area contributed by atoms with Crippen molar-refractivity contribution in [1.82, 2.24) is 4.90 Å². The zero-order valence-electron chi connectivity index (χ0n) is 13.2. The lowest BCUT2D eigenvalue weighted by Crippen LogP contribution is -2.50. The summed E-state index contributed by atoms with van der Waals surface area (Å²) in [6.45, 7) is 8.13. The largest absolute Gasteiger partial charge is 0.494 e. The summed E-state index contributed by atoms with van der Waals surface area (Å²) >= 11 is 0. The van der Waals surface area contributed by atoms with Crippen molar-refractivity contribution < 1.29 is 14.3 Å². The maximum Gasteiger partial charge on any atom is 0.254 e. The van der Waals surface area contributed by atoms with E-state index in [2.05, 4.69) is 6.92 Å². The quantitative estimate of drug-likeness (QED) is 0.782. The van der Waals surface area contributed by atoms with E-state index in [1.165, 1.54) is 0 Å². The molecule has 116 valence electrons. The molecule has 1 heterocycles. The number of carbonyl (C=O) groups excluding carboxylic acids is 1. The number of nitrogens with zero attached hydrogens (tertiary/aromatic N) is 1. The minimum Gasteiger partial charge on any atom is -0.494 e. The maximum atomic E-state index is 12.6. The highest BCUT2D eigenvalue weighted by molar-refractivity contribution is 5.94. The molecule has 1 saturated heterocycles. The molecular weight excluding hydrogens is 266 g/mol. The van der Waals surface area contributed by atoms with Crippen LogP contribution in [-0.4, -0.2) is 42.7 Å². The van der Waals surface area contributed by atoms with Crippen molar-refractivity contribution in [2.45, 2.75) is 45.8 Å². The maximum absolute atomic E-state index is 12.6. The summed E-state index contributed by atoms with van der Waals surface area (Å²) in [5.41, 5.74) is 0.707. The van der Waals surface area contributed by atoms with E-state index < -0.39 is 0 Å². The first-order valence-electron chi connectivity index (χ1n) is 7.77. The minimum absolute atomic E-state index is 0.0674. The SMILES string of the molecule is CCCCOc1ccc(C(=O)N2CC(C)OCC2C)cc1. The van der Waals surface area contributed by atoms with Crippen LogP contribution in [0.5, 0.6) is 5.75 Å². The van der Waals surface area contributed by atoms with Gasteiger partial charge in [0.05, 0.1) is 25.4 Å². The van der Waals surface area contributed by atoms with Gasteiger partial charge in [-0.25, -0.2) is 0 Å². The first-order chi connectivity index (χ1) is 10.1. The average Bonchev–Trinajstić information content (AvgIpc) is 2.50. The fourth-order valence-electron chi connectivity index (χ4n) is 2.38. The smallest absolute Gasteiger partial charge is 0.254 e. The zero-order chi connectivity index (χ0) is 15.2. The molecule has 0 aliphatic carbocycles. The summed E-state index contributed by atoms with van der Waals surface area (Å²) in [5, 5.41) is 0. The fraction of sp³-hybridized carbons (Fsp3) is 0.588. The number of amides is 1. The number of benzene rings is 1. The summed E-state index contributed by atoms with van der Waals surface area (Å²) in [5.74, 6) is 0.890. The second kappa shape index (κ2) is 7.46. The third kappa shape index (κ3) is 4.21. The van der Waals surface area contributed by atoms with E-state index in [4.69, 9.17) is 9.47 Å². The number of hydrogen-bond donors (Lipinski definition) is 0. The Morgan fingerprint density at radius 1 is 1.33 bits per heavy atom. The van der Waals surface area contributed by atoms with Crippen LogP contribution in [0.1, 0.15) is 44.0 Å². The van der Waals surface area contributed by atoms with E-state index in [9.17, 15) is 4.79 Å². The molecule has 0 radical (unpaired) electrons. The van der Waals surface area contributed by atoms with Crippen molar-refractivity contribution in [3.8, 4) is 5.75 Å². The van der Waals surface area contributed by atoms with Crippen LogP contribution >= 0.6 is 0 Å². The van der Waals surface area contributed by atoms with Crippen molar-refractivity contribution in [2.75, 3.05) is 19.8 Å². The second-order valence-electron chi connectivity index (χ2n) is 5.68. The van der Waals surface area contributed by atoms with Gasteiger partial charge in [-0.15, -0.1) is 0 Å². The molecule has 0 spiro atoms. The molecule has 0 aromatic heterocycles. The van der Waals surface area contributed by atoms with Crippen LogP contribution in [0.2, 0.25) is 0 Å². The lowest BCUT2D eigenvalue weighted by Gasteiger charge is -2.36. The molecular formula is C17H25NO3. The predicted molar refractivity (Wildman–Crippen MR) is 82.8 cm³/mol. The van der Waals surface area contributed by atoms with E-state index in [1.807, 2.05) is 43.0 Å². The van der Waals surface area contributed by atoms with Crippen LogP contribution in [0.15, 0.2) is 24.3 Å². The van der Waals surface area contributed by atoms with Gasteiger partial charge in [0.1, 0.15) is 5.75 Å². The lowest BCUT2D eigenvalue weighted by atomic mass is 10.1. The lowest BCUT2D eigenvalue weighted by molar-refractivity contribution is -0.0387. The molecule has 1 aliphatic heterocycles. The van der Waals surface area contributed by atoms with Gasteiger partial charge in [-0.05, 0) is 44.5 Å². The molecule has 1 aromatic carbocycles. The molecule has 2 rings (SSSR count). The summed E-state index contributed by atoms with van der Waals surface area (Å²) in [7, 11) is 0. The Morgan fingerprint density at radius 2 is 2.05 bits per heavy atom. The summed E-state index contributed by atoms with van der Waals surface area (Å²) in [4.78, 5) is 14.4. The van der Waals surface area contributed by atoms with Crippen LogP contribution in [0.3, 0.4) is 0 Å². The van der Waals surface area contributed by atoms with E-state index in [0.29, 0.717) is 18.7 Å². The van der Waals surface area contributed by atoms with Crippen LogP contribution in [0.25, 0.3) is 0 Å². The monoisotopic (exact) mass is 291 g/mol. The molecule has 1 aliphatic rings. The predicted octanol–water partition coefficient (Wildman–Crippen LogP) is 3.11. The number of carbonyl (C=O) groups is 1. The van der Waals surface area contributed by atoms with Crippen molar-refractivity contribution in [3.05, 3.63) is 29.8 Å². The number of hydrogen-bond acceptors (Lipinski definition) is 3. The number of rotatable bonds is 5. The van der Waals surface area contributed by atoms with Gasteiger partial charge < -0.3 is 14.4 Å². The highest BCUT2D eigenvalue weighted by atomic mass is 16.5. The third-order valence-electron chi connectivity index (χ3n) is 3.74. The molecule has 1 amide bonds. The molecule has 1 fully saturated rings. The second-order valence-corrected chi connectivity index (χ2v) is 5.68. The van der Waals surface area contributed by atoms with E-state index >= 15 is 0 Å². The van der Waals surface area contributed by atoms with E-state index in [1.54, 1.807) is 0 Å². The van der Waals surface area contributed by atoms with E-state index in [-0.39, 0.29) is 18.1 Å². The van der Waals surface area contributed by atoms with Gasteiger partial charge in [-0.2, -0.15) is 0 Å². The zero-order valence-corrected chi connectivity index (χ0v) is 13.2. The van der Waals surface area contributed by atoms with Crippen LogP contribution in [0.4, 0.5) is 0 Å². The van der Waals surface area contributed by atoms with Crippen molar-refractivity contribution in [1.29, 1.82) is 0 Å². The summed E-state index contributed by atoms with van der Waals surface area (Å²) < 4.78 is 11.2. The first-order valence-corrected chi connectivity index (χ1v) is 7.77. The highest BCUT2D eigenvalue weighted by Gasteiger charge is 2.28. The molecule has 0 N–H and O–H groups in total. The van der Waals surface area contributed by atoms with Crippen molar-refractivity contribution in [2.24, 2.45) is 0 Å². The summed E-state index contributed by atoms with van der Waals surface area (Å²) in [6, 6.07) is 7.55. The molecule has 4 nitrogen and oxygen atoms in total. The Labute approximate surface area is 127 Å². The van der Waals surface area contributed by atoms with Gasteiger partial charge in [0.25, 0.3) is 5.91 Å². The Bertz CT molecular complexity index is 458. The van der Waals surface area contributed by atoms with Gasteiger partial charge in [-0.3, -0.25) is 4.79 Å². The normalized spacial score (nSPS) is 22.1. The topological polar surface area (TPSA) is 38.8 Å². The average molecular weight is 291 g/mol. The minimum atomic E-state index is 0.0674. The standard InChI is InChI=1S/C17H25NO3/c1-4-5-10-20-16-8-6-15(7-9-16)17(19)18-11-14(3)21-12-13(18)2/h6-9,13-14H,4-5,10-12H2,1-3H3. The van der Waals surface area contributed by atoms with Crippen molar-refractivity contribution >= 4 is 5.91 Å². The fourth-order valence-corrected chi connectivity index (χ4v) is 2.38. The first kappa shape index (κ1) is 15.8. The molecule has 0 bridgehead atoms. The molecule has 1 aromatic rings. The molecule has 2 unspecified atom stereocenters. The number of morpholine rings is 1. The third-order valence-corrected chi connectivity index (χ3v) is 3.74. The Hall–Kier alpha value is -1.55. The van der Waals surface area contributed by atoms with Crippen LogP contribution < -0.4 is 4.74 Å². The summed E-state index contributed by atoms with van der Waals surface area (Å²) in [6.07, 6.45) is 2.26. The van der Waals surface area contributed by atoms with Gasteiger partial charge in [0.2, 0.25) is 0 Å². The molecule has 0 saturated carbocycles. The molecule has 4 heteroatoms. The molecule has 2 atom stereocenters. The van der Waals surface area contributed by atoms with Gasteiger partial charge >= 0.3 is 0 Å². The number of ether oxygens (including phenoxy) is 2. The Morgan fingerprint density at radius 3 is 2.71 bits per heavy atom.